The SMILES string of the molecule is COc1cc(OC)c(Nc2nc(-c3nnc(-c4ccc(F)cc4)o3)nc3ccccc23)cc1Cl. The van der Waals surface area contributed by atoms with Gasteiger partial charge in [-0.05, 0) is 42.5 Å². The quantitative estimate of drug-likeness (QED) is 0.323. The van der Waals surface area contributed by atoms with Crippen LogP contribution in [-0.4, -0.2) is 34.4 Å². The first kappa shape index (κ1) is 21.6. The molecule has 0 aliphatic heterocycles. The maximum Gasteiger partial charge on any atom is 0.286 e. The van der Waals surface area contributed by atoms with Crippen molar-refractivity contribution in [2.75, 3.05) is 19.5 Å². The van der Waals surface area contributed by atoms with Crippen LogP contribution in [0.4, 0.5) is 15.9 Å². The predicted octanol–water partition coefficient (Wildman–Crippen LogP) is 5.90. The van der Waals surface area contributed by atoms with Gasteiger partial charge in [-0.3, -0.25) is 0 Å². The highest BCUT2D eigenvalue weighted by Gasteiger charge is 2.18. The number of fused-ring (bicyclic) bond motifs is 1. The molecule has 3 aromatic carbocycles. The molecule has 0 spiro atoms. The minimum Gasteiger partial charge on any atom is -0.495 e. The van der Waals surface area contributed by atoms with Gasteiger partial charge in [0, 0.05) is 17.0 Å². The van der Waals surface area contributed by atoms with Crippen LogP contribution in [0.1, 0.15) is 0 Å². The number of methoxy groups -OCH3 is 2. The van der Waals surface area contributed by atoms with E-state index in [1.807, 2.05) is 24.3 Å². The Labute approximate surface area is 198 Å². The van der Waals surface area contributed by atoms with E-state index in [4.69, 9.17) is 25.5 Å². The van der Waals surface area contributed by atoms with E-state index in [2.05, 4.69) is 25.5 Å². The fourth-order valence-electron chi connectivity index (χ4n) is 3.38. The Kier molecular flexibility index (Phi) is 5.69. The summed E-state index contributed by atoms with van der Waals surface area (Å²) in [6.45, 7) is 0. The first-order chi connectivity index (χ1) is 16.6. The van der Waals surface area contributed by atoms with E-state index in [1.54, 1.807) is 31.4 Å². The van der Waals surface area contributed by atoms with Gasteiger partial charge >= 0.3 is 0 Å². The van der Waals surface area contributed by atoms with Gasteiger partial charge in [-0.1, -0.05) is 23.7 Å². The van der Waals surface area contributed by atoms with Gasteiger partial charge in [-0.2, -0.15) is 0 Å². The smallest absolute Gasteiger partial charge is 0.286 e. The maximum absolute atomic E-state index is 13.2. The molecule has 0 radical (unpaired) electrons. The van der Waals surface area contributed by atoms with Crippen LogP contribution in [0.2, 0.25) is 5.02 Å². The summed E-state index contributed by atoms with van der Waals surface area (Å²) in [4.78, 5) is 9.20. The summed E-state index contributed by atoms with van der Waals surface area (Å²) in [6, 6.07) is 16.6. The predicted molar refractivity (Wildman–Crippen MR) is 126 cm³/mol. The molecule has 0 amide bonds. The maximum atomic E-state index is 13.2. The van der Waals surface area contributed by atoms with Crippen LogP contribution in [0, 0.1) is 5.82 Å². The number of aromatic nitrogens is 4. The van der Waals surface area contributed by atoms with E-state index >= 15 is 0 Å². The minimum atomic E-state index is -0.355. The number of anilines is 2. The van der Waals surface area contributed by atoms with E-state index in [0.717, 1.165) is 5.39 Å². The summed E-state index contributed by atoms with van der Waals surface area (Å²) in [5.74, 6) is 1.70. The van der Waals surface area contributed by atoms with Gasteiger partial charge in [-0.15, -0.1) is 10.2 Å². The van der Waals surface area contributed by atoms with Crippen molar-refractivity contribution in [3.8, 4) is 34.7 Å². The average Bonchev–Trinajstić information content (AvgIpc) is 3.35. The second-order valence-electron chi connectivity index (χ2n) is 7.14. The van der Waals surface area contributed by atoms with Gasteiger partial charge in [0.2, 0.25) is 11.7 Å². The molecule has 0 bridgehead atoms. The number of rotatable bonds is 6. The normalized spacial score (nSPS) is 10.9. The molecule has 5 aromatic rings. The Balaban J connectivity index is 1.58. The number of nitrogens with one attached hydrogen (secondary N) is 1. The fraction of sp³-hybridized carbons (Fsp3) is 0.0833. The van der Waals surface area contributed by atoms with Gasteiger partial charge in [0.05, 0.1) is 30.4 Å². The summed E-state index contributed by atoms with van der Waals surface area (Å²) >= 11 is 6.33. The largest absolute Gasteiger partial charge is 0.495 e. The van der Waals surface area contributed by atoms with Crippen LogP contribution in [-0.2, 0) is 0 Å². The van der Waals surface area contributed by atoms with Crippen molar-refractivity contribution in [2.45, 2.75) is 0 Å². The molecule has 0 unspecified atom stereocenters. The van der Waals surface area contributed by atoms with Crippen LogP contribution in [0.5, 0.6) is 11.5 Å². The molecule has 34 heavy (non-hydrogen) atoms. The number of para-hydroxylation sites is 1. The van der Waals surface area contributed by atoms with E-state index < -0.39 is 0 Å². The number of hydrogen-bond donors (Lipinski definition) is 1. The van der Waals surface area contributed by atoms with Crippen LogP contribution >= 0.6 is 11.6 Å². The molecular formula is C24H17ClFN5O3. The molecular weight excluding hydrogens is 461 g/mol. The Morgan fingerprint density at radius 2 is 1.62 bits per heavy atom. The molecule has 10 heteroatoms. The highest BCUT2D eigenvalue weighted by molar-refractivity contribution is 6.32. The van der Waals surface area contributed by atoms with Gasteiger partial charge in [0.1, 0.15) is 23.1 Å². The third-order valence-corrected chi connectivity index (χ3v) is 5.33. The number of hydrogen-bond acceptors (Lipinski definition) is 8. The number of ether oxygens (including phenoxy) is 2. The third-order valence-electron chi connectivity index (χ3n) is 5.04. The Bertz CT molecular complexity index is 1490. The molecule has 0 aliphatic carbocycles. The lowest BCUT2D eigenvalue weighted by molar-refractivity contribution is 0.396. The van der Waals surface area contributed by atoms with Gasteiger partial charge in [0.25, 0.3) is 5.89 Å². The molecule has 0 fully saturated rings. The molecule has 170 valence electrons. The number of halogens is 2. The lowest BCUT2D eigenvalue weighted by Gasteiger charge is -2.15. The van der Waals surface area contributed by atoms with Gasteiger partial charge in [-0.25, -0.2) is 14.4 Å². The molecule has 0 aliphatic rings. The van der Waals surface area contributed by atoms with Crippen molar-refractivity contribution < 1.29 is 18.3 Å². The highest BCUT2D eigenvalue weighted by Crippen LogP contribution is 2.38. The Hall–Kier alpha value is -4.24. The van der Waals surface area contributed by atoms with Crippen molar-refractivity contribution in [3.63, 3.8) is 0 Å². The second kappa shape index (κ2) is 8.95. The van der Waals surface area contributed by atoms with Crippen LogP contribution in [0.25, 0.3) is 34.1 Å². The van der Waals surface area contributed by atoms with Gasteiger partial charge < -0.3 is 19.2 Å². The molecule has 2 aromatic heterocycles. The number of nitrogens with zero attached hydrogens (tertiary/aromatic N) is 4. The minimum absolute atomic E-state index is 0.118. The van der Waals surface area contributed by atoms with E-state index in [0.29, 0.717) is 39.1 Å². The lowest BCUT2D eigenvalue weighted by atomic mass is 10.2. The summed E-state index contributed by atoms with van der Waals surface area (Å²) < 4.78 is 29.8. The van der Waals surface area contributed by atoms with E-state index in [9.17, 15) is 4.39 Å². The average molecular weight is 478 g/mol. The second-order valence-corrected chi connectivity index (χ2v) is 7.55. The van der Waals surface area contributed by atoms with E-state index in [1.165, 1.54) is 19.2 Å². The van der Waals surface area contributed by atoms with E-state index in [-0.39, 0.29) is 23.4 Å². The van der Waals surface area contributed by atoms with Crippen molar-refractivity contribution in [1.29, 1.82) is 0 Å². The zero-order chi connectivity index (χ0) is 23.7. The molecule has 0 saturated heterocycles. The number of benzene rings is 3. The monoisotopic (exact) mass is 477 g/mol. The van der Waals surface area contributed by atoms with Crippen molar-refractivity contribution >= 4 is 34.0 Å². The topological polar surface area (TPSA) is 95.2 Å². The first-order valence-corrected chi connectivity index (χ1v) is 10.5. The van der Waals surface area contributed by atoms with Crippen molar-refractivity contribution in [3.05, 3.63) is 71.5 Å². The summed E-state index contributed by atoms with van der Waals surface area (Å²) in [5.41, 5.74) is 1.83. The van der Waals surface area contributed by atoms with Crippen LogP contribution < -0.4 is 14.8 Å². The molecule has 8 nitrogen and oxygen atoms in total. The standard InChI is InChI=1S/C24H17ClFN5O3/c1-32-19-12-20(33-2)18(11-16(19)25)28-21-15-5-3-4-6-17(15)27-22(29-21)24-31-30-23(34-24)13-7-9-14(26)10-8-13/h3-12H,1-2H3,(H,27,28,29). The van der Waals surface area contributed by atoms with Crippen molar-refractivity contribution in [2.24, 2.45) is 0 Å². The van der Waals surface area contributed by atoms with Crippen LogP contribution in [0.3, 0.4) is 0 Å². The molecule has 0 saturated carbocycles. The fourth-order valence-corrected chi connectivity index (χ4v) is 3.62. The first-order valence-electron chi connectivity index (χ1n) is 10.1. The molecule has 5 rings (SSSR count). The zero-order valence-corrected chi connectivity index (χ0v) is 18.8. The van der Waals surface area contributed by atoms with Gasteiger partial charge in [0.15, 0.2) is 0 Å². The summed E-state index contributed by atoms with van der Waals surface area (Å²) in [5, 5.41) is 12.6. The van der Waals surface area contributed by atoms with Crippen molar-refractivity contribution in [1.82, 2.24) is 20.2 Å². The molecule has 0 atom stereocenters. The summed E-state index contributed by atoms with van der Waals surface area (Å²) in [7, 11) is 3.08. The zero-order valence-electron chi connectivity index (χ0n) is 18.0. The third kappa shape index (κ3) is 4.08. The molecule has 2 heterocycles. The molecule has 1 N–H and O–H groups in total. The van der Waals surface area contributed by atoms with Crippen LogP contribution in [0.15, 0.2) is 65.1 Å². The highest BCUT2D eigenvalue weighted by atomic mass is 35.5. The lowest BCUT2D eigenvalue weighted by Crippen LogP contribution is -2.01. The summed E-state index contributed by atoms with van der Waals surface area (Å²) in [6.07, 6.45) is 0. The Morgan fingerprint density at radius 3 is 2.38 bits per heavy atom. The Morgan fingerprint density at radius 1 is 0.882 bits per heavy atom.